The molecule has 2 aromatic heterocycles. The molecule has 0 aliphatic heterocycles. The molecule has 2 N–H and O–H groups in total. The van der Waals surface area contributed by atoms with Gasteiger partial charge < -0.3 is 10.6 Å². The van der Waals surface area contributed by atoms with E-state index in [9.17, 15) is 9.59 Å². The Balaban J connectivity index is 1.74. The van der Waals surface area contributed by atoms with Gasteiger partial charge in [0.25, 0.3) is 11.8 Å². The molecule has 0 aliphatic rings. The molecule has 3 aromatic rings. The van der Waals surface area contributed by atoms with Crippen LogP contribution in [0.2, 0.25) is 0 Å². The third-order valence-electron chi connectivity index (χ3n) is 3.89. The lowest BCUT2D eigenvalue weighted by Crippen LogP contribution is -2.30. The standard InChI is InChI=1S/C20H21N5O2S/c1-13(2)10-15(24-18(26)16-11-21-8-9-22-16)20-25-17(12-28-20)19(27)23-14-6-4-3-5-7-14/h3-9,11-13,15H,10H2,1-2H3,(H,23,27)(H,24,26)/t15-/m1/s1. The fourth-order valence-corrected chi connectivity index (χ4v) is 3.47. The Morgan fingerprint density at radius 3 is 2.54 bits per heavy atom. The molecule has 7 nitrogen and oxygen atoms in total. The number of aromatic nitrogens is 3. The van der Waals surface area contributed by atoms with E-state index in [1.165, 1.54) is 29.9 Å². The number of nitrogens with one attached hydrogen (secondary N) is 2. The van der Waals surface area contributed by atoms with Gasteiger partial charge in [0.05, 0.1) is 12.2 Å². The van der Waals surface area contributed by atoms with E-state index in [0.717, 1.165) is 0 Å². The minimum absolute atomic E-state index is 0.245. The summed E-state index contributed by atoms with van der Waals surface area (Å²) in [5.41, 5.74) is 1.28. The average molecular weight is 395 g/mol. The Hall–Kier alpha value is -3.13. The molecule has 28 heavy (non-hydrogen) atoms. The fourth-order valence-electron chi connectivity index (χ4n) is 2.61. The predicted octanol–water partition coefficient (Wildman–Crippen LogP) is 3.70. The van der Waals surface area contributed by atoms with Crippen molar-refractivity contribution in [3.05, 3.63) is 70.7 Å². The first-order chi connectivity index (χ1) is 13.5. The molecule has 8 heteroatoms. The maximum Gasteiger partial charge on any atom is 0.275 e. The van der Waals surface area contributed by atoms with E-state index >= 15 is 0 Å². The molecule has 1 atom stereocenters. The summed E-state index contributed by atoms with van der Waals surface area (Å²) in [6.07, 6.45) is 5.10. The second kappa shape index (κ2) is 9.18. The number of para-hydroxylation sites is 1. The molecule has 0 bridgehead atoms. The van der Waals surface area contributed by atoms with Crippen LogP contribution in [0, 0.1) is 5.92 Å². The lowest BCUT2D eigenvalue weighted by Gasteiger charge is -2.18. The van der Waals surface area contributed by atoms with Gasteiger partial charge in [-0.2, -0.15) is 0 Å². The summed E-state index contributed by atoms with van der Waals surface area (Å²) >= 11 is 1.35. The summed E-state index contributed by atoms with van der Waals surface area (Å²) in [6.45, 7) is 4.14. The highest BCUT2D eigenvalue weighted by molar-refractivity contribution is 7.10. The van der Waals surface area contributed by atoms with Gasteiger partial charge in [-0.3, -0.25) is 14.6 Å². The van der Waals surface area contributed by atoms with Crippen molar-refractivity contribution >= 4 is 28.8 Å². The molecule has 2 heterocycles. The van der Waals surface area contributed by atoms with Gasteiger partial charge in [-0.05, 0) is 24.5 Å². The van der Waals surface area contributed by atoms with Crippen molar-refractivity contribution in [1.82, 2.24) is 20.3 Å². The Kier molecular flexibility index (Phi) is 6.44. The third-order valence-corrected chi connectivity index (χ3v) is 4.85. The van der Waals surface area contributed by atoms with E-state index in [-0.39, 0.29) is 23.6 Å². The maximum absolute atomic E-state index is 12.5. The molecule has 0 saturated heterocycles. The summed E-state index contributed by atoms with van der Waals surface area (Å²) in [7, 11) is 0. The van der Waals surface area contributed by atoms with Gasteiger partial charge >= 0.3 is 0 Å². The number of hydrogen-bond donors (Lipinski definition) is 2. The minimum Gasteiger partial charge on any atom is -0.341 e. The van der Waals surface area contributed by atoms with Crippen LogP contribution in [0.3, 0.4) is 0 Å². The quantitative estimate of drug-likeness (QED) is 0.636. The van der Waals surface area contributed by atoms with Crippen LogP contribution in [0.1, 0.15) is 52.3 Å². The molecule has 0 fully saturated rings. The van der Waals surface area contributed by atoms with E-state index in [2.05, 4.69) is 39.4 Å². The van der Waals surface area contributed by atoms with Crippen LogP contribution in [0.5, 0.6) is 0 Å². The fraction of sp³-hybridized carbons (Fsp3) is 0.250. The Bertz CT molecular complexity index is 928. The van der Waals surface area contributed by atoms with E-state index in [1.54, 1.807) is 5.38 Å². The van der Waals surface area contributed by atoms with Crippen LogP contribution in [-0.2, 0) is 0 Å². The zero-order valence-corrected chi connectivity index (χ0v) is 16.4. The van der Waals surface area contributed by atoms with Gasteiger partial charge in [0, 0.05) is 23.5 Å². The van der Waals surface area contributed by atoms with Crippen molar-refractivity contribution in [2.45, 2.75) is 26.3 Å². The molecule has 0 aliphatic carbocycles. The van der Waals surface area contributed by atoms with Crippen molar-refractivity contribution in [2.75, 3.05) is 5.32 Å². The van der Waals surface area contributed by atoms with Crippen molar-refractivity contribution in [3.8, 4) is 0 Å². The number of nitrogens with zero attached hydrogens (tertiary/aromatic N) is 3. The number of carbonyl (C=O) groups excluding carboxylic acids is 2. The summed E-state index contributed by atoms with van der Waals surface area (Å²) in [5.74, 6) is -0.265. The molecule has 0 saturated carbocycles. The molecule has 3 rings (SSSR count). The van der Waals surface area contributed by atoms with Crippen molar-refractivity contribution < 1.29 is 9.59 Å². The first-order valence-electron chi connectivity index (χ1n) is 8.91. The van der Waals surface area contributed by atoms with Gasteiger partial charge in [0.2, 0.25) is 0 Å². The monoisotopic (exact) mass is 395 g/mol. The molecular weight excluding hydrogens is 374 g/mol. The van der Waals surface area contributed by atoms with Crippen LogP contribution >= 0.6 is 11.3 Å². The molecule has 1 aromatic carbocycles. The van der Waals surface area contributed by atoms with Crippen molar-refractivity contribution in [1.29, 1.82) is 0 Å². The minimum atomic E-state index is -0.316. The SMILES string of the molecule is CC(C)C[C@@H](NC(=O)c1cnccn1)c1nc(C(=O)Nc2ccccc2)cs1. The number of rotatable bonds is 7. The third kappa shape index (κ3) is 5.20. The van der Waals surface area contributed by atoms with Crippen molar-refractivity contribution in [2.24, 2.45) is 5.92 Å². The normalized spacial score (nSPS) is 11.8. The second-order valence-corrected chi connectivity index (χ2v) is 7.53. The number of amides is 2. The van der Waals surface area contributed by atoms with E-state index < -0.39 is 0 Å². The van der Waals surface area contributed by atoms with E-state index in [0.29, 0.717) is 28.7 Å². The van der Waals surface area contributed by atoms with E-state index in [4.69, 9.17) is 0 Å². The highest BCUT2D eigenvalue weighted by Gasteiger charge is 2.22. The summed E-state index contributed by atoms with van der Waals surface area (Å²) in [4.78, 5) is 37.3. The van der Waals surface area contributed by atoms with Crippen LogP contribution in [0.25, 0.3) is 0 Å². The lowest BCUT2D eigenvalue weighted by molar-refractivity contribution is 0.0926. The topological polar surface area (TPSA) is 96.9 Å². The van der Waals surface area contributed by atoms with Crippen LogP contribution in [0.15, 0.2) is 54.3 Å². The van der Waals surface area contributed by atoms with Crippen LogP contribution in [0.4, 0.5) is 5.69 Å². The molecule has 0 unspecified atom stereocenters. The molecule has 0 radical (unpaired) electrons. The summed E-state index contributed by atoms with van der Waals surface area (Å²) < 4.78 is 0. The Labute approximate surface area is 167 Å². The largest absolute Gasteiger partial charge is 0.341 e. The average Bonchev–Trinajstić information content (AvgIpc) is 3.19. The van der Waals surface area contributed by atoms with Crippen LogP contribution < -0.4 is 10.6 Å². The highest BCUT2D eigenvalue weighted by atomic mass is 32.1. The second-order valence-electron chi connectivity index (χ2n) is 6.64. The lowest BCUT2D eigenvalue weighted by atomic mass is 10.0. The molecule has 144 valence electrons. The first-order valence-corrected chi connectivity index (χ1v) is 9.79. The summed E-state index contributed by atoms with van der Waals surface area (Å²) in [6, 6.07) is 8.90. The number of carbonyl (C=O) groups is 2. The predicted molar refractivity (Wildman–Crippen MR) is 108 cm³/mol. The smallest absolute Gasteiger partial charge is 0.275 e. The molecule has 2 amide bonds. The van der Waals surface area contributed by atoms with Crippen molar-refractivity contribution in [3.63, 3.8) is 0 Å². The summed E-state index contributed by atoms with van der Waals surface area (Å²) in [5, 5.41) is 8.16. The zero-order chi connectivity index (χ0) is 19.9. The number of hydrogen-bond acceptors (Lipinski definition) is 6. The van der Waals surface area contributed by atoms with Gasteiger partial charge in [0.15, 0.2) is 0 Å². The number of anilines is 1. The van der Waals surface area contributed by atoms with E-state index in [1.807, 2.05) is 30.3 Å². The number of benzene rings is 1. The van der Waals surface area contributed by atoms with Gasteiger partial charge in [-0.15, -0.1) is 11.3 Å². The zero-order valence-electron chi connectivity index (χ0n) is 15.6. The number of thiazole rings is 1. The first kappa shape index (κ1) is 19.6. The van der Waals surface area contributed by atoms with Gasteiger partial charge in [0.1, 0.15) is 16.4 Å². The van der Waals surface area contributed by atoms with Gasteiger partial charge in [-0.1, -0.05) is 32.0 Å². The van der Waals surface area contributed by atoms with Crippen LogP contribution in [-0.4, -0.2) is 26.8 Å². The Morgan fingerprint density at radius 1 is 1.07 bits per heavy atom. The molecule has 0 spiro atoms. The Morgan fingerprint density at radius 2 is 1.86 bits per heavy atom. The highest BCUT2D eigenvalue weighted by Crippen LogP contribution is 2.25. The molecular formula is C20H21N5O2S. The van der Waals surface area contributed by atoms with Gasteiger partial charge in [-0.25, -0.2) is 9.97 Å². The maximum atomic E-state index is 12.5.